The second kappa shape index (κ2) is 8.04. The summed E-state index contributed by atoms with van der Waals surface area (Å²) in [5, 5.41) is 4.02. The fourth-order valence-corrected chi connectivity index (χ4v) is 4.00. The molecule has 1 atom stereocenters. The van der Waals surface area contributed by atoms with Crippen LogP contribution >= 0.6 is 0 Å². The molecular formula is C21H24N2O5. The van der Waals surface area contributed by atoms with Gasteiger partial charge in [-0.3, -0.25) is 9.59 Å². The van der Waals surface area contributed by atoms with Crippen molar-refractivity contribution >= 4 is 11.9 Å². The molecule has 1 saturated carbocycles. The number of carbonyl (C=O) groups is 2. The molecular weight excluding hydrogens is 360 g/mol. The summed E-state index contributed by atoms with van der Waals surface area (Å²) in [6, 6.07) is 9.50. The van der Waals surface area contributed by atoms with Crippen molar-refractivity contribution in [1.82, 2.24) is 10.1 Å². The molecule has 0 radical (unpaired) electrons. The third kappa shape index (κ3) is 3.88. The molecule has 7 heteroatoms. The van der Waals surface area contributed by atoms with Crippen LogP contribution in [0.3, 0.4) is 0 Å². The quantitative estimate of drug-likeness (QED) is 0.712. The minimum Gasteiger partial charge on any atom is -0.497 e. The first-order valence-corrected chi connectivity index (χ1v) is 9.70. The lowest BCUT2D eigenvalue weighted by Gasteiger charge is -2.23. The molecule has 1 aromatic heterocycles. The molecule has 7 nitrogen and oxygen atoms in total. The maximum absolute atomic E-state index is 12.4. The number of methoxy groups -OCH3 is 1. The molecule has 1 aromatic carbocycles. The minimum atomic E-state index is -0.392. The number of hydrogen-bond acceptors (Lipinski definition) is 6. The van der Waals surface area contributed by atoms with Crippen molar-refractivity contribution in [1.29, 1.82) is 0 Å². The molecule has 2 aliphatic rings. The lowest BCUT2D eigenvalue weighted by molar-refractivity contribution is -0.150. The number of aromatic nitrogens is 1. The molecule has 28 heavy (non-hydrogen) atoms. The Balaban J connectivity index is 1.31. The van der Waals surface area contributed by atoms with E-state index in [1.54, 1.807) is 13.2 Å². The van der Waals surface area contributed by atoms with E-state index in [2.05, 4.69) is 5.16 Å². The zero-order valence-electron chi connectivity index (χ0n) is 15.9. The second-order valence-corrected chi connectivity index (χ2v) is 7.40. The first-order chi connectivity index (χ1) is 13.6. The molecule has 1 unspecified atom stereocenters. The molecule has 2 fully saturated rings. The van der Waals surface area contributed by atoms with Gasteiger partial charge >= 0.3 is 5.97 Å². The van der Waals surface area contributed by atoms with E-state index in [0.717, 1.165) is 37.0 Å². The van der Waals surface area contributed by atoms with Crippen LogP contribution in [0.4, 0.5) is 0 Å². The number of benzene rings is 1. The highest BCUT2D eigenvalue weighted by Crippen LogP contribution is 2.30. The Kier molecular flexibility index (Phi) is 5.32. The Labute approximate surface area is 163 Å². The van der Waals surface area contributed by atoms with Gasteiger partial charge in [-0.2, -0.15) is 0 Å². The Morgan fingerprint density at radius 2 is 2.00 bits per heavy atom. The average molecular weight is 384 g/mol. The monoisotopic (exact) mass is 384 g/mol. The maximum atomic E-state index is 12.4. The van der Waals surface area contributed by atoms with Crippen molar-refractivity contribution < 1.29 is 23.6 Å². The number of hydrogen-bond donors (Lipinski definition) is 0. The zero-order valence-corrected chi connectivity index (χ0v) is 15.9. The normalized spacial score (nSPS) is 20.0. The van der Waals surface area contributed by atoms with Gasteiger partial charge in [-0.15, -0.1) is 0 Å². The zero-order chi connectivity index (χ0) is 19.5. The summed E-state index contributed by atoms with van der Waals surface area (Å²) in [5.74, 6) is 0.555. The molecule has 1 amide bonds. The number of carbonyl (C=O) groups excluding carboxylic acids is 2. The van der Waals surface area contributed by atoms with Crippen molar-refractivity contribution in [2.45, 2.75) is 44.8 Å². The molecule has 4 rings (SSSR count). The van der Waals surface area contributed by atoms with E-state index in [1.165, 1.54) is 0 Å². The Morgan fingerprint density at radius 3 is 2.71 bits per heavy atom. The van der Waals surface area contributed by atoms with Gasteiger partial charge in [-0.05, 0) is 37.1 Å². The number of likely N-dealkylation sites (tertiary alicyclic amines) is 1. The van der Waals surface area contributed by atoms with Gasteiger partial charge in [0.05, 0.1) is 13.0 Å². The van der Waals surface area contributed by atoms with Crippen molar-refractivity contribution in [3.8, 4) is 17.0 Å². The van der Waals surface area contributed by atoms with Crippen LogP contribution in [-0.2, 0) is 20.9 Å². The van der Waals surface area contributed by atoms with E-state index in [1.807, 2.05) is 29.2 Å². The van der Waals surface area contributed by atoms with Gasteiger partial charge < -0.3 is 18.9 Å². The van der Waals surface area contributed by atoms with Gasteiger partial charge in [0.1, 0.15) is 11.4 Å². The number of nitrogens with zero attached hydrogens (tertiary/aromatic N) is 2. The van der Waals surface area contributed by atoms with Crippen LogP contribution in [0.5, 0.6) is 5.75 Å². The molecule has 0 bridgehead atoms. The predicted octanol–water partition coefficient (Wildman–Crippen LogP) is 3.18. The predicted molar refractivity (Wildman–Crippen MR) is 100 cm³/mol. The lowest BCUT2D eigenvalue weighted by Crippen LogP contribution is -2.35. The highest BCUT2D eigenvalue weighted by molar-refractivity contribution is 5.87. The standard InChI is InChI=1S/C21H24N2O5/c1-26-17-8-6-14(7-9-17)19-11-18(28-22-19)13-27-21(25)15-10-20(24)23(12-15)16-4-2-3-5-16/h6-9,11,15-16H,2-5,10,12-13H2,1H3. The molecule has 1 aliphatic carbocycles. The van der Waals surface area contributed by atoms with Crippen molar-refractivity contribution in [2.24, 2.45) is 5.92 Å². The fraction of sp³-hybridized carbons (Fsp3) is 0.476. The first-order valence-electron chi connectivity index (χ1n) is 9.70. The fourth-order valence-electron chi connectivity index (χ4n) is 4.00. The van der Waals surface area contributed by atoms with E-state index in [9.17, 15) is 9.59 Å². The summed E-state index contributed by atoms with van der Waals surface area (Å²) in [6.07, 6.45) is 4.64. The van der Waals surface area contributed by atoms with Gasteiger partial charge in [-0.1, -0.05) is 18.0 Å². The summed E-state index contributed by atoms with van der Waals surface area (Å²) >= 11 is 0. The number of rotatable bonds is 6. The van der Waals surface area contributed by atoms with Crippen LogP contribution in [0.2, 0.25) is 0 Å². The Morgan fingerprint density at radius 1 is 1.25 bits per heavy atom. The second-order valence-electron chi connectivity index (χ2n) is 7.40. The number of ether oxygens (including phenoxy) is 2. The van der Waals surface area contributed by atoms with E-state index < -0.39 is 5.92 Å². The molecule has 0 N–H and O–H groups in total. The maximum Gasteiger partial charge on any atom is 0.311 e. The molecule has 1 saturated heterocycles. The smallest absolute Gasteiger partial charge is 0.311 e. The molecule has 2 aromatic rings. The SMILES string of the molecule is COc1ccc(-c2cc(COC(=O)C3CC(=O)N(C4CCCC4)C3)on2)cc1. The Bertz CT molecular complexity index is 839. The third-order valence-electron chi connectivity index (χ3n) is 5.56. The van der Waals surface area contributed by atoms with E-state index in [0.29, 0.717) is 24.0 Å². The van der Waals surface area contributed by atoms with E-state index in [-0.39, 0.29) is 24.9 Å². The van der Waals surface area contributed by atoms with Crippen LogP contribution < -0.4 is 4.74 Å². The molecule has 148 valence electrons. The number of amides is 1. The third-order valence-corrected chi connectivity index (χ3v) is 5.56. The van der Waals surface area contributed by atoms with Crippen LogP contribution in [0.15, 0.2) is 34.9 Å². The highest BCUT2D eigenvalue weighted by Gasteiger charge is 2.39. The Hall–Kier alpha value is -2.83. The number of esters is 1. The summed E-state index contributed by atoms with van der Waals surface area (Å²) < 4.78 is 15.8. The van der Waals surface area contributed by atoms with Gasteiger partial charge in [-0.25, -0.2) is 0 Å². The average Bonchev–Trinajstić information content (AvgIpc) is 3.47. The van der Waals surface area contributed by atoms with Crippen molar-refractivity contribution in [3.05, 3.63) is 36.1 Å². The summed E-state index contributed by atoms with van der Waals surface area (Å²) in [7, 11) is 1.61. The van der Waals surface area contributed by atoms with Gasteiger partial charge in [0.2, 0.25) is 5.91 Å². The van der Waals surface area contributed by atoms with Crippen molar-refractivity contribution in [2.75, 3.05) is 13.7 Å². The summed E-state index contributed by atoms with van der Waals surface area (Å²) in [6.45, 7) is 0.478. The lowest BCUT2D eigenvalue weighted by atomic mass is 10.1. The summed E-state index contributed by atoms with van der Waals surface area (Å²) in [5.41, 5.74) is 1.55. The molecule has 0 spiro atoms. The van der Waals surface area contributed by atoms with Crippen LogP contribution in [0.1, 0.15) is 37.9 Å². The van der Waals surface area contributed by atoms with E-state index in [4.69, 9.17) is 14.0 Å². The molecule has 2 heterocycles. The van der Waals surface area contributed by atoms with Gasteiger partial charge in [0.15, 0.2) is 12.4 Å². The van der Waals surface area contributed by atoms with Gasteiger partial charge in [0.25, 0.3) is 0 Å². The van der Waals surface area contributed by atoms with Crippen LogP contribution in [0, 0.1) is 5.92 Å². The topological polar surface area (TPSA) is 81.9 Å². The van der Waals surface area contributed by atoms with Crippen molar-refractivity contribution in [3.63, 3.8) is 0 Å². The molecule has 1 aliphatic heterocycles. The highest BCUT2D eigenvalue weighted by atomic mass is 16.5. The minimum absolute atomic E-state index is 0.0100. The van der Waals surface area contributed by atoms with E-state index >= 15 is 0 Å². The largest absolute Gasteiger partial charge is 0.497 e. The first kappa shape index (κ1) is 18.5. The van der Waals surface area contributed by atoms with Crippen LogP contribution in [0.25, 0.3) is 11.3 Å². The van der Waals surface area contributed by atoms with Gasteiger partial charge in [0, 0.05) is 30.6 Å². The summed E-state index contributed by atoms with van der Waals surface area (Å²) in [4.78, 5) is 26.5. The van der Waals surface area contributed by atoms with Crippen LogP contribution in [-0.4, -0.2) is 41.6 Å².